The fourth-order valence-corrected chi connectivity index (χ4v) is 7.29. The van der Waals surface area contributed by atoms with E-state index < -0.39 is 20.2 Å². The van der Waals surface area contributed by atoms with Crippen LogP contribution in [0.2, 0.25) is 0 Å². The van der Waals surface area contributed by atoms with Crippen molar-refractivity contribution >= 4 is 79.5 Å². The van der Waals surface area contributed by atoms with Crippen LogP contribution in [-0.2, 0) is 45.9 Å². The predicted octanol–water partition coefficient (Wildman–Crippen LogP) is 6.92. The van der Waals surface area contributed by atoms with Gasteiger partial charge in [0.05, 0.1) is 9.79 Å². The van der Waals surface area contributed by atoms with Crippen molar-refractivity contribution < 1.29 is 25.9 Å². The molecule has 0 saturated carbocycles. The van der Waals surface area contributed by atoms with E-state index in [1.54, 1.807) is 24.3 Å². The van der Waals surface area contributed by atoms with E-state index in [1.807, 2.05) is 50.2 Å². The second-order valence-corrected chi connectivity index (χ2v) is 12.7. The van der Waals surface area contributed by atoms with Crippen LogP contribution in [0.4, 0.5) is 0 Å². The average molecular weight is 623 g/mol. The van der Waals surface area contributed by atoms with Crippen LogP contribution in [0, 0.1) is 0 Å². The molecule has 0 saturated heterocycles. The van der Waals surface area contributed by atoms with Crippen molar-refractivity contribution in [1.29, 1.82) is 0 Å². The average Bonchev–Trinajstić information content (AvgIpc) is 2.88. The molecule has 216 valence electrons. The van der Waals surface area contributed by atoms with E-state index in [2.05, 4.69) is 13.8 Å². The Bertz CT molecular complexity index is 1570. The van der Waals surface area contributed by atoms with Crippen molar-refractivity contribution in [3.8, 4) is 0 Å². The third-order valence-electron chi connectivity index (χ3n) is 6.89. The molecule has 0 unspecified atom stereocenters. The van der Waals surface area contributed by atoms with Gasteiger partial charge in [0.15, 0.2) is 0 Å². The standard InChI is InChI=1S/2C16H20O3S.Ca/c2*1-3-7-12-11-13(8-4-2)16(20(17,18)19)15-10-6-5-9-14(12)15;/h2*5-6,9-11H,3-4,7-8H2,1-2H3,(H,17,18,19);/q;;+2/p-2. The van der Waals surface area contributed by atoms with Crippen LogP contribution in [0.3, 0.4) is 0 Å². The normalized spacial score (nSPS) is 11.7. The van der Waals surface area contributed by atoms with Crippen molar-refractivity contribution in [2.75, 3.05) is 0 Å². The Kier molecular flexibility index (Phi) is 13.8. The van der Waals surface area contributed by atoms with Gasteiger partial charge in [-0.15, -0.1) is 0 Å². The van der Waals surface area contributed by atoms with E-state index in [4.69, 9.17) is 0 Å². The molecule has 0 atom stereocenters. The summed E-state index contributed by atoms with van der Waals surface area (Å²) in [7, 11) is -8.93. The smallest absolute Gasteiger partial charge is 0.744 e. The predicted molar refractivity (Wildman–Crippen MR) is 166 cm³/mol. The molecule has 0 N–H and O–H groups in total. The van der Waals surface area contributed by atoms with Crippen molar-refractivity contribution in [2.24, 2.45) is 0 Å². The molecule has 0 heterocycles. The van der Waals surface area contributed by atoms with Gasteiger partial charge in [-0.05, 0) is 69.5 Å². The number of rotatable bonds is 10. The molecule has 0 radical (unpaired) electrons. The van der Waals surface area contributed by atoms with E-state index in [0.29, 0.717) is 34.7 Å². The van der Waals surface area contributed by atoms with Crippen LogP contribution >= 0.6 is 0 Å². The minimum atomic E-state index is -4.46. The number of benzene rings is 4. The summed E-state index contributed by atoms with van der Waals surface area (Å²) < 4.78 is 69.9. The minimum Gasteiger partial charge on any atom is -0.744 e. The summed E-state index contributed by atoms with van der Waals surface area (Å²) >= 11 is 0. The van der Waals surface area contributed by atoms with Crippen molar-refractivity contribution in [3.05, 3.63) is 82.9 Å². The molecule has 0 fully saturated rings. The van der Waals surface area contributed by atoms with E-state index in [0.717, 1.165) is 60.4 Å². The van der Waals surface area contributed by atoms with Crippen molar-refractivity contribution in [2.45, 2.75) is 88.9 Å². The van der Waals surface area contributed by atoms with Gasteiger partial charge in [0.25, 0.3) is 0 Å². The zero-order valence-corrected chi connectivity index (χ0v) is 28.2. The molecule has 0 aliphatic heterocycles. The topological polar surface area (TPSA) is 114 Å². The molecule has 0 bridgehead atoms. The Labute approximate surface area is 275 Å². The molecule has 4 aromatic rings. The van der Waals surface area contributed by atoms with Gasteiger partial charge in [-0.1, -0.05) is 114 Å². The maximum absolute atomic E-state index is 11.7. The number of aryl methyl sites for hydroxylation is 4. The van der Waals surface area contributed by atoms with Gasteiger partial charge in [-0.3, -0.25) is 0 Å². The SMILES string of the molecule is CCCc1cc(CCC)c2ccccc2c1S(=O)(=O)[O-].CCCc1cc(CCC)c2ccccc2c1S(=O)(=O)[O-].[Ca+2]. The molecule has 4 rings (SSSR count). The summed E-state index contributed by atoms with van der Waals surface area (Å²) in [6, 6.07) is 18.4. The fourth-order valence-electron chi connectivity index (χ4n) is 5.43. The summed E-state index contributed by atoms with van der Waals surface area (Å²) in [4.78, 5) is -0.0652. The summed E-state index contributed by atoms with van der Waals surface area (Å²) in [5.74, 6) is 0. The Hall–Kier alpha value is -1.52. The summed E-state index contributed by atoms with van der Waals surface area (Å²) in [6.07, 6.45) is 6.58. The van der Waals surface area contributed by atoms with Crippen LogP contribution < -0.4 is 0 Å². The van der Waals surface area contributed by atoms with Crippen LogP contribution in [0.5, 0.6) is 0 Å². The first-order chi connectivity index (χ1) is 19.0. The molecule has 0 aliphatic rings. The molecule has 0 amide bonds. The quantitative estimate of drug-likeness (QED) is 0.140. The van der Waals surface area contributed by atoms with Gasteiger partial charge < -0.3 is 9.11 Å². The third-order valence-corrected chi connectivity index (χ3v) is 8.86. The third kappa shape index (κ3) is 8.75. The van der Waals surface area contributed by atoms with Crippen LogP contribution in [0.1, 0.15) is 75.6 Å². The maximum atomic E-state index is 11.7. The first-order valence-corrected chi connectivity index (χ1v) is 16.8. The number of hydrogen-bond acceptors (Lipinski definition) is 6. The summed E-state index contributed by atoms with van der Waals surface area (Å²) in [5, 5.41) is 2.89. The molecule has 0 spiro atoms. The molecular weight excluding hydrogens is 585 g/mol. The molecule has 0 aliphatic carbocycles. The van der Waals surface area contributed by atoms with E-state index in [9.17, 15) is 25.9 Å². The minimum absolute atomic E-state index is 0. The Morgan fingerprint density at radius 2 is 0.756 bits per heavy atom. The molecule has 0 aromatic heterocycles. The second-order valence-electron chi connectivity index (χ2n) is 10.0. The molecule has 6 nitrogen and oxygen atoms in total. The zero-order chi connectivity index (χ0) is 29.5. The van der Waals surface area contributed by atoms with Gasteiger partial charge in [0.2, 0.25) is 0 Å². The second kappa shape index (κ2) is 15.8. The molecule has 4 aromatic carbocycles. The Morgan fingerprint density at radius 1 is 0.488 bits per heavy atom. The molecule has 9 heteroatoms. The van der Waals surface area contributed by atoms with Gasteiger partial charge in [0.1, 0.15) is 20.2 Å². The fraction of sp³-hybridized carbons (Fsp3) is 0.375. The molecular formula is C32H38CaO6S2. The van der Waals surface area contributed by atoms with Crippen molar-refractivity contribution in [1.82, 2.24) is 0 Å². The van der Waals surface area contributed by atoms with Crippen LogP contribution in [0.15, 0.2) is 70.5 Å². The largest absolute Gasteiger partial charge is 2.00 e. The van der Waals surface area contributed by atoms with E-state index in [1.165, 1.54) is 0 Å². The Morgan fingerprint density at radius 3 is 1.02 bits per heavy atom. The summed E-state index contributed by atoms with van der Waals surface area (Å²) in [6.45, 7) is 8.14. The van der Waals surface area contributed by atoms with Gasteiger partial charge in [0, 0.05) is 0 Å². The van der Waals surface area contributed by atoms with Crippen LogP contribution in [-0.4, -0.2) is 63.7 Å². The monoisotopic (exact) mass is 622 g/mol. The van der Waals surface area contributed by atoms with Gasteiger partial charge in [-0.2, -0.15) is 0 Å². The van der Waals surface area contributed by atoms with Gasteiger partial charge >= 0.3 is 37.7 Å². The zero-order valence-electron chi connectivity index (χ0n) is 24.4. The summed E-state index contributed by atoms with van der Waals surface area (Å²) in [5.41, 5.74) is 3.56. The maximum Gasteiger partial charge on any atom is 2.00 e. The van der Waals surface area contributed by atoms with Crippen LogP contribution in [0.25, 0.3) is 21.5 Å². The Balaban J connectivity index is 0.000000280. The van der Waals surface area contributed by atoms with Crippen molar-refractivity contribution in [3.63, 3.8) is 0 Å². The van der Waals surface area contributed by atoms with E-state index in [-0.39, 0.29) is 47.5 Å². The van der Waals surface area contributed by atoms with Gasteiger partial charge in [-0.25, -0.2) is 16.8 Å². The van der Waals surface area contributed by atoms with E-state index >= 15 is 0 Å². The first kappa shape index (κ1) is 35.7. The molecule has 41 heavy (non-hydrogen) atoms. The first-order valence-electron chi connectivity index (χ1n) is 14.0. The number of fused-ring (bicyclic) bond motifs is 2. The number of hydrogen-bond donors (Lipinski definition) is 0.